The first-order chi connectivity index (χ1) is 43.9. The maximum absolute atomic E-state index is 14.5. The minimum atomic E-state index is -1.06. The van der Waals surface area contributed by atoms with E-state index in [1.165, 1.54) is 14.2 Å². The van der Waals surface area contributed by atoms with Crippen molar-refractivity contribution in [3.8, 4) is 0 Å². The van der Waals surface area contributed by atoms with Gasteiger partial charge in [0.2, 0.25) is 41.4 Å². The van der Waals surface area contributed by atoms with Gasteiger partial charge >= 0.3 is 6.03 Å². The molecule has 0 aromatic heterocycles. The van der Waals surface area contributed by atoms with Gasteiger partial charge in [0.05, 0.1) is 48.7 Å². The van der Waals surface area contributed by atoms with Crippen LogP contribution < -0.4 is 32.3 Å². The number of likely N-dealkylation sites (tertiary alicyclic amines) is 2. The number of anilines is 1. The van der Waals surface area contributed by atoms with E-state index < -0.39 is 83.5 Å². The van der Waals surface area contributed by atoms with Crippen LogP contribution in [0, 0.1) is 53.3 Å². The van der Waals surface area contributed by atoms with Crippen LogP contribution in [0.4, 0.5) is 10.5 Å². The van der Waals surface area contributed by atoms with Crippen molar-refractivity contribution in [1.82, 2.24) is 40.9 Å². The highest BCUT2D eigenvalue weighted by Gasteiger charge is 2.44. The first kappa shape index (κ1) is 80.2. The third-order valence-corrected chi connectivity index (χ3v) is 18.8. The number of amides is 9. The summed E-state index contributed by atoms with van der Waals surface area (Å²) < 4.78 is 12.1. The maximum atomic E-state index is 14.5. The summed E-state index contributed by atoms with van der Waals surface area (Å²) in [5.74, 6) is -7.07. The highest BCUT2D eigenvalue weighted by atomic mass is 16.5. The van der Waals surface area contributed by atoms with Crippen LogP contribution in [0.3, 0.4) is 0 Å². The molecule has 1 aromatic rings. The van der Waals surface area contributed by atoms with Crippen LogP contribution in [0.1, 0.15) is 158 Å². The van der Waals surface area contributed by atoms with Gasteiger partial charge in [0.15, 0.2) is 11.6 Å². The second-order valence-electron chi connectivity index (χ2n) is 26.8. The molecule has 13 atom stereocenters. The number of urea groups is 1. The second kappa shape index (κ2) is 39.6. The number of benzene rings is 1. The number of nitrogens with one attached hydrogen (secondary N) is 5. The Morgan fingerprint density at radius 3 is 1.97 bits per heavy atom. The Kier molecular flexibility index (Phi) is 34.2. The molecule has 2 aliphatic heterocycles. The van der Waals surface area contributed by atoms with Crippen LogP contribution in [0.5, 0.6) is 0 Å². The van der Waals surface area contributed by atoms with Crippen LogP contribution in [-0.4, -0.2) is 195 Å². The molecular weight excluding hydrogens is 1190 g/mol. The van der Waals surface area contributed by atoms with Crippen molar-refractivity contribution in [3.05, 3.63) is 40.3 Å². The number of nitrogens with zero attached hydrogens (tertiary/aromatic N) is 7. The number of Topliss-reactive ketones (excluding diaryl/α,β-unsaturated/α-hetero) is 3. The summed E-state index contributed by atoms with van der Waals surface area (Å²) in [7, 11) is 10.0. The Morgan fingerprint density at radius 2 is 1.42 bits per heavy atom. The zero-order chi connectivity index (χ0) is 70.0. The smallest absolute Gasteiger partial charge is 0.312 e. The molecule has 0 bridgehead atoms. The highest BCUT2D eigenvalue weighted by Crippen LogP contribution is 2.33. The van der Waals surface area contributed by atoms with Gasteiger partial charge in [0, 0.05) is 133 Å². The number of piperidine rings is 1. The summed E-state index contributed by atoms with van der Waals surface area (Å²) in [4.78, 5) is 159. The second-order valence-corrected chi connectivity index (χ2v) is 26.8. The normalized spacial score (nSPS) is 19.0. The van der Waals surface area contributed by atoms with Crippen LogP contribution in [0.15, 0.2) is 29.4 Å². The molecule has 2 unspecified atom stereocenters. The Balaban J connectivity index is 1.69. The lowest BCUT2D eigenvalue weighted by atomic mass is 9.83. The predicted molar refractivity (Wildman–Crippen MR) is 354 cm³/mol. The third kappa shape index (κ3) is 24.4. The Hall–Kier alpha value is -7.02. The molecule has 0 saturated carbocycles. The van der Waals surface area contributed by atoms with Crippen LogP contribution in [0.25, 0.3) is 10.4 Å². The lowest BCUT2D eigenvalue weighted by molar-refractivity contribution is -0.149. The number of hydrogen-bond donors (Lipinski definition) is 6. The molecule has 26 heteroatoms. The molecule has 93 heavy (non-hydrogen) atoms. The Morgan fingerprint density at radius 1 is 0.763 bits per heavy atom. The molecule has 2 aliphatic rings. The van der Waals surface area contributed by atoms with Crippen LogP contribution in [-0.2, 0) is 64.0 Å². The predicted octanol–water partition coefficient (Wildman–Crippen LogP) is 6.18. The number of rotatable bonds is 40. The van der Waals surface area contributed by atoms with Crippen molar-refractivity contribution in [2.45, 2.75) is 202 Å². The fraction of sp³-hybridized carbons (Fsp3) is 0.746. The van der Waals surface area contributed by atoms with E-state index in [0.29, 0.717) is 62.9 Å². The van der Waals surface area contributed by atoms with Crippen molar-refractivity contribution >= 4 is 70.4 Å². The van der Waals surface area contributed by atoms with Gasteiger partial charge in [-0.1, -0.05) is 86.0 Å². The van der Waals surface area contributed by atoms with Gasteiger partial charge in [-0.25, -0.2) is 4.79 Å². The molecule has 2 fully saturated rings. The molecule has 9 amide bonds. The first-order valence-corrected chi connectivity index (χ1v) is 33.3. The molecule has 2 heterocycles. The van der Waals surface area contributed by atoms with E-state index in [9.17, 15) is 58.3 Å². The van der Waals surface area contributed by atoms with Gasteiger partial charge in [-0.2, -0.15) is 0 Å². The van der Waals surface area contributed by atoms with Gasteiger partial charge in [-0.05, 0) is 106 Å². The SMILES string of the molecule is CC[C@H](C)[C@@H]([C@@H](CC(=O)N1CCC[C@H]1[C@H](OC)[C@@H](C)C(=O)C[C@@H](CN=[N+]=[N-])C(=O)NCc1ccc(NC(=O)[C@H](CCCNC(N)=O)CC(=O)[C@@H](NC(=O)CCC(=O)N2CCC(C(=O)NC)CC2C)C(C)C)cc1)OC)N(C)C(=O)[C@@H](CC(=O)[C@H](C(C)C)N(C)C)C(C)C. The lowest BCUT2D eigenvalue weighted by Gasteiger charge is -2.41. The summed E-state index contributed by atoms with van der Waals surface area (Å²) in [5.41, 5.74) is 15.6. The van der Waals surface area contributed by atoms with Crippen molar-refractivity contribution in [1.29, 1.82) is 0 Å². The fourth-order valence-corrected chi connectivity index (χ4v) is 13.4. The molecule has 26 nitrogen and oxygen atoms in total. The molecular formula is C67H111N13O13. The van der Waals surface area contributed by atoms with Gasteiger partial charge in [0.1, 0.15) is 5.78 Å². The van der Waals surface area contributed by atoms with Crippen molar-refractivity contribution in [2.24, 2.45) is 64.1 Å². The Bertz CT molecular complexity index is 2710. The van der Waals surface area contributed by atoms with E-state index in [1.54, 1.807) is 73.8 Å². The Labute approximate surface area is 551 Å². The molecule has 7 N–H and O–H groups in total. The number of ether oxygens (including phenoxy) is 2. The number of primary amides is 1. The minimum Gasteiger partial charge on any atom is -0.379 e. The number of hydrogen-bond acceptors (Lipinski definition) is 15. The molecule has 3 rings (SSSR count). The van der Waals surface area contributed by atoms with Crippen molar-refractivity contribution in [2.75, 3.05) is 73.9 Å². The average molecular weight is 1310 g/mol. The zero-order valence-corrected chi connectivity index (χ0v) is 58.3. The number of ketones is 3. The summed E-state index contributed by atoms with van der Waals surface area (Å²) in [5, 5.41) is 17.3. The van der Waals surface area contributed by atoms with Gasteiger partial charge < -0.3 is 56.5 Å². The number of azide groups is 1. The summed E-state index contributed by atoms with van der Waals surface area (Å²) in [6.07, 6.45) is 1.11. The highest BCUT2D eigenvalue weighted by molar-refractivity contribution is 5.98. The largest absolute Gasteiger partial charge is 0.379 e. The number of methoxy groups -OCH3 is 2. The summed E-state index contributed by atoms with van der Waals surface area (Å²) in [6.45, 7) is 19.6. The average Bonchev–Trinajstić information content (AvgIpc) is 1.82. The third-order valence-electron chi connectivity index (χ3n) is 18.8. The standard InChI is InChI=1S/C67H111N13O13/c1-17-42(8)61(78(14)66(90)50(39(2)3)35-54(83)60(41(6)7)77(12)13)55(92-15)36-58(86)80-30-19-21-51(80)62(93-16)44(10)52(81)34-48(38-73-76-69)64(88)72-37-45-22-24-49(25-23-45)74-65(89)46(20-18-29-71-67(68)91)33-53(82)59(40(4)5)75-56(84)26-27-57(85)79-31-28-47(32-43(79)9)63(87)70-11/h22-25,39-44,46-48,50-51,55,59-62H,17-21,26-38H2,1-16H3,(H,70,87)(H,72,88)(H,74,89)(H,75,84)(H3,68,71,91)/t42-,43?,44-,46+,47?,48-,50-,51-,55+,59-,60-,61-,62+/m0/s1. The maximum Gasteiger partial charge on any atom is 0.312 e. The van der Waals surface area contributed by atoms with E-state index in [1.807, 2.05) is 67.5 Å². The summed E-state index contributed by atoms with van der Waals surface area (Å²) >= 11 is 0. The topological polar surface area (TPSA) is 354 Å². The molecule has 2 saturated heterocycles. The van der Waals surface area contributed by atoms with Crippen LogP contribution >= 0.6 is 0 Å². The molecule has 0 spiro atoms. The van der Waals surface area contributed by atoms with E-state index >= 15 is 0 Å². The number of carbonyl (C=O) groups excluding carboxylic acids is 11. The quantitative estimate of drug-likeness (QED) is 0.0185. The van der Waals surface area contributed by atoms with Gasteiger partial charge in [-0.15, -0.1) is 0 Å². The van der Waals surface area contributed by atoms with Gasteiger partial charge in [-0.3, -0.25) is 52.8 Å². The van der Waals surface area contributed by atoms with E-state index in [2.05, 4.69) is 36.6 Å². The molecule has 522 valence electrons. The molecule has 0 aliphatic carbocycles. The number of nitrogens with two attached hydrogens (primary N) is 1. The minimum absolute atomic E-state index is 0.00140. The van der Waals surface area contributed by atoms with Crippen molar-refractivity contribution in [3.63, 3.8) is 0 Å². The molecule has 1 aromatic carbocycles. The zero-order valence-electron chi connectivity index (χ0n) is 58.3. The lowest BCUT2D eigenvalue weighted by Crippen LogP contribution is -2.54. The number of likely N-dealkylation sites (N-methyl/N-ethyl adjacent to an activating group) is 2. The van der Waals surface area contributed by atoms with E-state index in [-0.39, 0.29) is 141 Å². The van der Waals surface area contributed by atoms with Crippen LogP contribution in [0.2, 0.25) is 0 Å². The summed E-state index contributed by atoms with van der Waals surface area (Å²) in [6, 6.07) is 3.30. The van der Waals surface area contributed by atoms with E-state index in [4.69, 9.17) is 15.2 Å². The monoisotopic (exact) mass is 1310 g/mol. The van der Waals surface area contributed by atoms with E-state index in [0.717, 1.165) is 0 Å². The van der Waals surface area contributed by atoms with Gasteiger partial charge in [0.25, 0.3) is 0 Å². The molecule has 0 radical (unpaired) electrons. The number of carbonyl (C=O) groups is 11. The fourth-order valence-electron chi connectivity index (χ4n) is 13.4. The first-order valence-electron chi connectivity index (χ1n) is 33.3. The van der Waals surface area contributed by atoms with Crippen molar-refractivity contribution < 1.29 is 62.2 Å².